The van der Waals surface area contributed by atoms with E-state index in [1.807, 2.05) is 0 Å². The lowest BCUT2D eigenvalue weighted by atomic mass is 10.0. The zero-order chi connectivity index (χ0) is 50.7. The first-order valence-corrected chi connectivity index (χ1v) is 30.3. The number of allylic oxidation sites excluding steroid dienone is 10. The van der Waals surface area contributed by atoms with Crippen LogP contribution in [0, 0.1) is 0 Å². The summed E-state index contributed by atoms with van der Waals surface area (Å²) in [7, 11) is 0. The molecule has 70 heavy (non-hydrogen) atoms. The predicted molar refractivity (Wildman–Crippen MR) is 302 cm³/mol. The van der Waals surface area contributed by atoms with Gasteiger partial charge in [-0.15, -0.1) is 0 Å². The van der Waals surface area contributed by atoms with E-state index in [1.165, 1.54) is 167 Å². The number of ether oxygens (including phenoxy) is 3. The van der Waals surface area contributed by atoms with Crippen molar-refractivity contribution in [1.82, 2.24) is 0 Å². The van der Waals surface area contributed by atoms with E-state index < -0.39 is 6.10 Å². The number of hydrogen-bond donors (Lipinski definition) is 0. The lowest BCUT2D eigenvalue weighted by Gasteiger charge is -2.18. The van der Waals surface area contributed by atoms with Crippen LogP contribution in [0.5, 0.6) is 0 Å². The molecule has 0 aliphatic carbocycles. The molecule has 0 fully saturated rings. The van der Waals surface area contributed by atoms with Crippen molar-refractivity contribution in [3.8, 4) is 0 Å². The standard InChI is InChI=1S/C64H114O6/c1-4-7-10-13-16-19-22-25-28-31-33-36-39-42-45-48-51-54-57-63(66)69-60-61(59-68-62(65)56-53-50-47-44-41-38-35-30-27-24-21-18-15-12-9-6-3)70-64(67)58-55-52-49-46-43-40-37-34-32-29-26-23-20-17-14-11-8-5-2/h9,12,18,21,27-28,30-31,33,36,61H,4-8,10-11,13-17,19-20,22-26,29,32,34-35,37-60H2,1-3H3/b12-9-,21-18-,30-27-,31-28-,36-33-. The van der Waals surface area contributed by atoms with Crippen molar-refractivity contribution in [2.75, 3.05) is 13.2 Å². The van der Waals surface area contributed by atoms with Crippen LogP contribution in [0.3, 0.4) is 0 Å². The fourth-order valence-electron chi connectivity index (χ4n) is 8.74. The number of carbonyl (C=O) groups is 3. The van der Waals surface area contributed by atoms with E-state index in [4.69, 9.17) is 14.2 Å². The van der Waals surface area contributed by atoms with Crippen LogP contribution in [-0.4, -0.2) is 37.2 Å². The van der Waals surface area contributed by atoms with Crippen LogP contribution in [0.15, 0.2) is 60.8 Å². The Morgan fingerprint density at radius 2 is 0.600 bits per heavy atom. The van der Waals surface area contributed by atoms with Gasteiger partial charge in [0.2, 0.25) is 0 Å². The van der Waals surface area contributed by atoms with Crippen molar-refractivity contribution < 1.29 is 28.6 Å². The second-order valence-corrected chi connectivity index (χ2v) is 20.3. The van der Waals surface area contributed by atoms with Crippen molar-refractivity contribution in [3.63, 3.8) is 0 Å². The SMILES string of the molecule is CC/C=C\C/C=C\C/C=C\CCCCCCCCC(=O)OCC(COC(=O)CCCCCCC/C=C\C=C/CCCCCCCCC)OC(=O)CCCCCCCCCCCCCCCCCCCC. The fraction of sp³-hybridized carbons (Fsp3) is 0.797. The van der Waals surface area contributed by atoms with Crippen LogP contribution in [0.2, 0.25) is 0 Å². The molecule has 1 atom stereocenters. The van der Waals surface area contributed by atoms with Crippen molar-refractivity contribution >= 4 is 17.9 Å². The Morgan fingerprint density at radius 3 is 0.957 bits per heavy atom. The average molecular weight is 980 g/mol. The Morgan fingerprint density at radius 1 is 0.314 bits per heavy atom. The molecule has 0 radical (unpaired) electrons. The highest BCUT2D eigenvalue weighted by molar-refractivity contribution is 5.71. The monoisotopic (exact) mass is 979 g/mol. The molecule has 0 spiro atoms. The number of carbonyl (C=O) groups excluding carboxylic acids is 3. The van der Waals surface area contributed by atoms with Crippen LogP contribution in [-0.2, 0) is 28.6 Å². The van der Waals surface area contributed by atoms with E-state index in [9.17, 15) is 14.4 Å². The molecule has 0 amide bonds. The largest absolute Gasteiger partial charge is 0.462 e. The molecule has 0 aliphatic rings. The summed E-state index contributed by atoms with van der Waals surface area (Å²) in [5, 5.41) is 0. The minimum atomic E-state index is -0.785. The Bertz CT molecular complexity index is 1260. The summed E-state index contributed by atoms with van der Waals surface area (Å²) in [6.45, 7) is 6.54. The summed E-state index contributed by atoms with van der Waals surface area (Å²) in [6.07, 6.45) is 73.6. The highest BCUT2D eigenvalue weighted by Gasteiger charge is 2.19. The lowest BCUT2D eigenvalue weighted by Crippen LogP contribution is -2.30. The first-order chi connectivity index (χ1) is 34.5. The summed E-state index contributed by atoms with van der Waals surface area (Å²) >= 11 is 0. The topological polar surface area (TPSA) is 78.9 Å². The fourth-order valence-corrected chi connectivity index (χ4v) is 8.74. The van der Waals surface area contributed by atoms with Crippen LogP contribution in [0.4, 0.5) is 0 Å². The average Bonchev–Trinajstić information content (AvgIpc) is 3.36. The van der Waals surface area contributed by atoms with E-state index >= 15 is 0 Å². The van der Waals surface area contributed by atoms with Crippen LogP contribution >= 0.6 is 0 Å². The Hall–Kier alpha value is -2.89. The predicted octanol–water partition coefficient (Wildman–Crippen LogP) is 20.4. The molecule has 406 valence electrons. The van der Waals surface area contributed by atoms with E-state index in [0.717, 1.165) is 103 Å². The molecule has 0 aromatic heterocycles. The van der Waals surface area contributed by atoms with Gasteiger partial charge in [0.15, 0.2) is 6.10 Å². The number of esters is 3. The highest BCUT2D eigenvalue weighted by Crippen LogP contribution is 2.17. The smallest absolute Gasteiger partial charge is 0.306 e. The molecule has 0 rings (SSSR count). The zero-order valence-corrected chi connectivity index (χ0v) is 46.5. The molecule has 0 aliphatic heterocycles. The van der Waals surface area contributed by atoms with Gasteiger partial charge in [0, 0.05) is 19.3 Å². The molecular formula is C64H114O6. The molecule has 0 heterocycles. The first-order valence-electron chi connectivity index (χ1n) is 30.3. The van der Waals surface area contributed by atoms with Gasteiger partial charge in [0.1, 0.15) is 13.2 Å². The summed E-state index contributed by atoms with van der Waals surface area (Å²) in [5.74, 6) is -0.894. The van der Waals surface area contributed by atoms with Gasteiger partial charge in [-0.1, -0.05) is 274 Å². The van der Waals surface area contributed by atoms with Gasteiger partial charge in [0.05, 0.1) is 0 Å². The second kappa shape index (κ2) is 58.7. The summed E-state index contributed by atoms with van der Waals surface area (Å²) < 4.78 is 16.9. The van der Waals surface area contributed by atoms with Crippen molar-refractivity contribution in [2.24, 2.45) is 0 Å². The molecule has 0 aromatic carbocycles. The van der Waals surface area contributed by atoms with Gasteiger partial charge in [-0.3, -0.25) is 14.4 Å². The van der Waals surface area contributed by atoms with Crippen molar-refractivity contribution in [2.45, 2.75) is 316 Å². The number of hydrogen-bond acceptors (Lipinski definition) is 6. The molecule has 0 bridgehead atoms. The van der Waals surface area contributed by atoms with Crippen LogP contribution in [0.1, 0.15) is 310 Å². The first kappa shape index (κ1) is 67.1. The van der Waals surface area contributed by atoms with E-state index in [-0.39, 0.29) is 31.1 Å². The van der Waals surface area contributed by atoms with Gasteiger partial charge in [-0.2, -0.15) is 0 Å². The van der Waals surface area contributed by atoms with E-state index in [0.29, 0.717) is 19.3 Å². The normalized spacial score (nSPS) is 12.4. The maximum Gasteiger partial charge on any atom is 0.306 e. The summed E-state index contributed by atoms with van der Waals surface area (Å²) in [4.78, 5) is 38.2. The van der Waals surface area contributed by atoms with Crippen LogP contribution < -0.4 is 0 Å². The molecule has 1 unspecified atom stereocenters. The van der Waals surface area contributed by atoms with Gasteiger partial charge < -0.3 is 14.2 Å². The van der Waals surface area contributed by atoms with Crippen LogP contribution in [0.25, 0.3) is 0 Å². The Balaban J connectivity index is 4.39. The summed E-state index contributed by atoms with van der Waals surface area (Å²) in [6, 6.07) is 0. The third-order valence-electron chi connectivity index (χ3n) is 13.3. The molecular weight excluding hydrogens is 865 g/mol. The van der Waals surface area contributed by atoms with Gasteiger partial charge in [0.25, 0.3) is 0 Å². The second-order valence-electron chi connectivity index (χ2n) is 20.3. The molecule has 0 aromatic rings. The minimum absolute atomic E-state index is 0.0837. The lowest BCUT2D eigenvalue weighted by molar-refractivity contribution is -0.167. The zero-order valence-electron chi connectivity index (χ0n) is 46.5. The number of unbranched alkanes of at least 4 members (excludes halogenated alkanes) is 35. The minimum Gasteiger partial charge on any atom is -0.462 e. The number of rotatable bonds is 55. The molecule has 6 heteroatoms. The van der Waals surface area contributed by atoms with Gasteiger partial charge in [-0.25, -0.2) is 0 Å². The van der Waals surface area contributed by atoms with Gasteiger partial charge in [-0.05, 0) is 77.0 Å². The Labute approximate surface area is 434 Å². The van der Waals surface area contributed by atoms with E-state index in [1.54, 1.807) is 0 Å². The molecule has 6 nitrogen and oxygen atoms in total. The molecule has 0 N–H and O–H groups in total. The van der Waals surface area contributed by atoms with Crippen molar-refractivity contribution in [1.29, 1.82) is 0 Å². The van der Waals surface area contributed by atoms with Crippen molar-refractivity contribution in [3.05, 3.63) is 60.8 Å². The van der Waals surface area contributed by atoms with Gasteiger partial charge >= 0.3 is 17.9 Å². The Kier molecular flexibility index (Phi) is 56.3. The third kappa shape index (κ3) is 56.0. The quantitative estimate of drug-likeness (QED) is 0.0199. The third-order valence-corrected chi connectivity index (χ3v) is 13.3. The maximum absolute atomic E-state index is 12.9. The van der Waals surface area contributed by atoms with E-state index in [2.05, 4.69) is 81.5 Å². The molecule has 0 saturated heterocycles. The molecule has 0 saturated carbocycles. The summed E-state index contributed by atoms with van der Waals surface area (Å²) in [5.41, 5.74) is 0. The highest BCUT2D eigenvalue weighted by atomic mass is 16.6. The maximum atomic E-state index is 12.9.